The van der Waals surface area contributed by atoms with Gasteiger partial charge in [0.15, 0.2) is 5.11 Å². The van der Waals surface area contributed by atoms with Crippen LogP contribution in [0.15, 0.2) is 79.0 Å². The second kappa shape index (κ2) is 10.8. The van der Waals surface area contributed by atoms with Gasteiger partial charge in [0, 0.05) is 47.5 Å². The molecule has 8 heteroatoms. The number of hydrogen-bond acceptors (Lipinski definition) is 3. The fourth-order valence-electron chi connectivity index (χ4n) is 5.34. The number of anilines is 1. The molecule has 2 N–H and O–H groups in total. The largest absolute Gasteiger partial charge is 0.352 e. The Hall–Kier alpha value is -4.04. The summed E-state index contributed by atoms with van der Waals surface area (Å²) in [6, 6.07) is 21.6. The molecule has 0 radical (unpaired) electrons. The van der Waals surface area contributed by atoms with E-state index in [9.17, 15) is 9.18 Å². The van der Waals surface area contributed by atoms with Gasteiger partial charge in [0.1, 0.15) is 5.82 Å². The van der Waals surface area contributed by atoms with Crippen LogP contribution >= 0.6 is 12.2 Å². The van der Waals surface area contributed by atoms with Crippen LogP contribution in [-0.2, 0) is 4.79 Å². The van der Waals surface area contributed by atoms with Crippen molar-refractivity contribution in [3.8, 4) is 5.69 Å². The highest BCUT2D eigenvalue weighted by Gasteiger charge is 2.42. The molecule has 38 heavy (non-hydrogen) atoms. The van der Waals surface area contributed by atoms with Gasteiger partial charge in [-0.2, -0.15) is 0 Å². The highest BCUT2D eigenvalue weighted by atomic mass is 32.1. The van der Waals surface area contributed by atoms with Crippen LogP contribution in [0.4, 0.5) is 10.1 Å². The van der Waals surface area contributed by atoms with Gasteiger partial charge in [-0.1, -0.05) is 24.3 Å². The fourth-order valence-corrected chi connectivity index (χ4v) is 5.68. The van der Waals surface area contributed by atoms with E-state index in [-0.39, 0.29) is 30.2 Å². The van der Waals surface area contributed by atoms with Crippen molar-refractivity contribution in [2.45, 2.75) is 39.3 Å². The minimum Gasteiger partial charge on any atom is -0.352 e. The first-order valence-corrected chi connectivity index (χ1v) is 13.0. The van der Waals surface area contributed by atoms with Crippen LogP contribution in [0.5, 0.6) is 0 Å². The molecular formula is C30H30FN5OS. The second-order valence-electron chi connectivity index (χ2n) is 9.51. The number of thiocarbonyl (C=S) groups is 1. The maximum Gasteiger partial charge on any atom is 0.226 e. The minimum absolute atomic E-state index is 0.153. The van der Waals surface area contributed by atoms with E-state index in [1.165, 1.54) is 23.3 Å². The zero-order valence-corrected chi connectivity index (χ0v) is 22.4. The summed E-state index contributed by atoms with van der Waals surface area (Å²) in [4.78, 5) is 19.6. The summed E-state index contributed by atoms with van der Waals surface area (Å²) in [7, 11) is 0. The van der Waals surface area contributed by atoms with Gasteiger partial charge in [0.2, 0.25) is 5.91 Å². The minimum atomic E-state index is -0.344. The topological polar surface area (TPSA) is 62.2 Å². The molecule has 0 spiro atoms. The van der Waals surface area contributed by atoms with Crippen LogP contribution in [0.1, 0.15) is 46.7 Å². The van der Waals surface area contributed by atoms with E-state index < -0.39 is 0 Å². The molecule has 1 aliphatic heterocycles. The monoisotopic (exact) mass is 527 g/mol. The van der Waals surface area contributed by atoms with Crippen LogP contribution in [-0.4, -0.2) is 32.0 Å². The van der Waals surface area contributed by atoms with Crippen LogP contribution in [0.2, 0.25) is 0 Å². The Bertz CT molecular complexity index is 1450. The van der Waals surface area contributed by atoms with E-state index >= 15 is 0 Å². The first-order chi connectivity index (χ1) is 18.3. The molecular weight excluding hydrogens is 497 g/mol. The number of rotatable bonds is 7. The molecule has 3 heterocycles. The normalized spacial score (nSPS) is 16.9. The molecule has 194 valence electrons. The number of carbonyl (C=O) groups is 1. The highest BCUT2D eigenvalue weighted by Crippen LogP contribution is 2.43. The first-order valence-electron chi connectivity index (χ1n) is 12.6. The zero-order valence-electron chi connectivity index (χ0n) is 21.6. The van der Waals surface area contributed by atoms with Gasteiger partial charge in [-0.25, -0.2) is 4.39 Å². The Morgan fingerprint density at radius 3 is 2.39 bits per heavy atom. The predicted molar refractivity (Wildman–Crippen MR) is 152 cm³/mol. The third kappa shape index (κ3) is 4.91. The van der Waals surface area contributed by atoms with Gasteiger partial charge < -0.3 is 20.1 Å². The summed E-state index contributed by atoms with van der Waals surface area (Å²) >= 11 is 5.82. The SMILES string of the molecule is Cc1c([C@@H]2[C@H](c3ccccn3)NC(=S)N2CCC(=O)Nc2ccc(F)cc2)c(C)n(-c2ccccc2)c1C. The van der Waals surface area contributed by atoms with E-state index in [2.05, 4.69) is 58.0 Å². The van der Waals surface area contributed by atoms with Gasteiger partial charge in [0.05, 0.1) is 17.8 Å². The molecule has 0 unspecified atom stereocenters. The van der Waals surface area contributed by atoms with Crippen molar-refractivity contribution in [3.63, 3.8) is 0 Å². The van der Waals surface area contributed by atoms with Gasteiger partial charge in [-0.15, -0.1) is 0 Å². The Labute approximate surface area is 227 Å². The molecule has 1 amide bonds. The number of amides is 1. The number of benzene rings is 2. The number of pyridine rings is 1. The summed E-state index contributed by atoms with van der Waals surface area (Å²) in [6.45, 7) is 6.84. The number of nitrogens with one attached hydrogen (secondary N) is 2. The lowest BCUT2D eigenvalue weighted by atomic mass is 9.93. The molecule has 6 nitrogen and oxygen atoms in total. The number of nitrogens with zero attached hydrogens (tertiary/aromatic N) is 3. The van der Waals surface area contributed by atoms with Crippen molar-refractivity contribution in [2.24, 2.45) is 0 Å². The molecule has 0 aliphatic carbocycles. The summed E-state index contributed by atoms with van der Waals surface area (Å²) in [6.07, 6.45) is 2.01. The lowest BCUT2D eigenvalue weighted by Crippen LogP contribution is -2.33. The van der Waals surface area contributed by atoms with Crippen molar-refractivity contribution in [2.75, 3.05) is 11.9 Å². The van der Waals surface area contributed by atoms with Gasteiger partial charge in [-0.3, -0.25) is 9.78 Å². The van der Waals surface area contributed by atoms with Gasteiger partial charge >= 0.3 is 0 Å². The van der Waals surface area contributed by atoms with Crippen molar-refractivity contribution in [1.29, 1.82) is 0 Å². The van der Waals surface area contributed by atoms with E-state index in [0.29, 0.717) is 17.3 Å². The molecule has 1 fully saturated rings. The number of halogens is 1. The maximum atomic E-state index is 13.3. The smallest absolute Gasteiger partial charge is 0.226 e. The average molecular weight is 528 g/mol. The van der Waals surface area contributed by atoms with E-state index in [4.69, 9.17) is 12.2 Å². The van der Waals surface area contributed by atoms with E-state index in [1.807, 2.05) is 36.4 Å². The number of hydrogen-bond donors (Lipinski definition) is 2. The Morgan fingerprint density at radius 2 is 1.71 bits per heavy atom. The standard InChI is InChI=1S/C30H30FN5OS/c1-19-20(2)36(24-9-5-4-6-10-24)21(3)27(19)29-28(25-11-7-8-17-32-25)34-30(38)35(29)18-16-26(37)33-23-14-12-22(31)13-15-23/h4-15,17,28-29H,16,18H2,1-3H3,(H,33,37)(H,34,38)/t28-,29+/m0/s1. The van der Waals surface area contributed by atoms with Crippen LogP contribution in [0, 0.1) is 26.6 Å². The fraction of sp³-hybridized carbons (Fsp3) is 0.233. The van der Waals surface area contributed by atoms with Gasteiger partial charge in [-0.05, 0) is 87.1 Å². The Balaban J connectivity index is 1.49. The summed E-state index contributed by atoms with van der Waals surface area (Å²) in [5.74, 6) is -0.505. The molecule has 4 aromatic rings. The number of para-hydroxylation sites is 1. The summed E-state index contributed by atoms with van der Waals surface area (Å²) in [5, 5.41) is 6.92. The summed E-state index contributed by atoms with van der Waals surface area (Å²) < 4.78 is 15.5. The van der Waals surface area contributed by atoms with Gasteiger partial charge in [0.25, 0.3) is 0 Å². The first kappa shape index (κ1) is 25.6. The molecule has 1 aliphatic rings. The van der Waals surface area contributed by atoms with E-state index in [1.54, 1.807) is 18.3 Å². The molecule has 2 atom stereocenters. The number of carbonyl (C=O) groups excluding carboxylic acids is 1. The molecule has 2 aromatic carbocycles. The lowest BCUT2D eigenvalue weighted by Gasteiger charge is -2.29. The lowest BCUT2D eigenvalue weighted by molar-refractivity contribution is -0.116. The van der Waals surface area contributed by atoms with Crippen LogP contribution < -0.4 is 10.6 Å². The summed E-state index contributed by atoms with van der Waals surface area (Å²) in [5.41, 5.74) is 7.20. The third-order valence-corrected chi connectivity index (χ3v) is 7.58. The van der Waals surface area contributed by atoms with Crippen molar-refractivity contribution >= 4 is 28.9 Å². The highest BCUT2D eigenvalue weighted by molar-refractivity contribution is 7.80. The second-order valence-corrected chi connectivity index (χ2v) is 9.89. The molecule has 0 bridgehead atoms. The van der Waals surface area contributed by atoms with Crippen LogP contribution in [0.25, 0.3) is 5.69 Å². The van der Waals surface area contributed by atoms with Crippen molar-refractivity contribution in [1.82, 2.24) is 19.8 Å². The maximum absolute atomic E-state index is 13.3. The zero-order chi connectivity index (χ0) is 26.8. The van der Waals surface area contributed by atoms with Crippen molar-refractivity contribution < 1.29 is 9.18 Å². The molecule has 1 saturated heterocycles. The van der Waals surface area contributed by atoms with E-state index in [0.717, 1.165) is 22.8 Å². The predicted octanol–water partition coefficient (Wildman–Crippen LogP) is 5.94. The molecule has 5 rings (SSSR count). The average Bonchev–Trinajstić information content (AvgIpc) is 3.36. The molecule has 0 saturated carbocycles. The Morgan fingerprint density at radius 1 is 1.00 bits per heavy atom. The number of aromatic nitrogens is 2. The third-order valence-electron chi connectivity index (χ3n) is 7.22. The molecule has 2 aromatic heterocycles. The van der Waals surface area contributed by atoms with Crippen molar-refractivity contribution in [3.05, 3.63) is 113 Å². The Kier molecular flexibility index (Phi) is 7.24. The van der Waals surface area contributed by atoms with Crippen LogP contribution in [0.3, 0.4) is 0 Å². The quantitative estimate of drug-likeness (QED) is 0.292.